The molecule has 1 aromatic carbocycles. The Morgan fingerprint density at radius 1 is 1.03 bits per heavy atom. The van der Waals surface area contributed by atoms with E-state index in [2.05, 4.69) is 26.3 Å². The van der Waals surface area contributed by atoms with E-state index in [1.165, 1.54) is 6.33 Å². The Morgan fingerprint density at radius 2 is 1.85 bits per heavy atom. The zero-order chi connectivity index (χ0) is 26.4. The molecule has 4 aromatic rings. The van der Waals surface area contributed by atoms with E-state index < -0.39 is 5.41 Å². The number of piperidine rings is 1. The van der Waals surface area contributed by atoms with Crippen LogP contribution in [-0.2, 0) is 21.5 Å². The van der Waals surface area contributed by atoms with Crippen LogP contribution in [0.15, 0.2) is 67.6 Å². The third kappa shape index (κ3) is 3.87. The molecular weight excluding hydrogens is 490 g/mol. The minimum Gasteiger partial charge on any atom is -0.341 e. The molecule has 1 N–H and O–H groups in total. The number of aromatic nitrogens is 4. The second kappa shape index (κ2) is 9.50. The van der Waals surface area contributed by atoms with Crippen LogP contribution in [0.3, 0.4) is 0 Å². The van der Waals surface area contributed by atoms with Crippen LogP contribution in [-0.4, -0.2) is 62.3 Å². The predicted octanol–water partition coefficient (Wildman–Crippen LogP) is 3.25. The highest BCUT2D eigenvalue weighted by atomic mass is 16.2. The molecule has 2 amide bonds. The van der Waals surface area contributed by atoms with Crippen LogP contribution in [0.2, 0.25) is 0 Å². The number of nitrogens with one attached hydrogen (secondary N) is 1. The molecule has 7 rings (SSSR count). The van der Waals surface area contributed by atoms with E-state index in [0.29, 0.717) is 32.5 Å². The zero-order valence-corrected chi connectivity index (χ0v) is 21.6. The first-order valence-electron chi connectivity index (χ1n) is 13.6. The molecule has 9 nitrogen and oxygen atoms in total. The minimum atomic E-state index is -0.662. The van der Waals surface area contributed by atoms with Crippen molar-refractivity contribution in [2.45, 2.75) is 43.7 Å². The Labute approximate surface area is 226 Å². The van der Waals surface area contributed by atoms with Crippen molar-refractivity contribution in [1.82, 2.24) is 30.2 Å². The fourth-order valence-corrected chi connectivity index (χ4v) is 6.58. The van der Waals surface area contributed by atoms with E-state index in [-0.39, 0.29) is 17.9 Å². The van der Waals surface area contributed by atoms with E-state index >= 15 is 0 Å². The van der Waals surface area contributed by atoms with Crippen molar-refractivity contribution in [3.63, 3.8) is 0 Å². The second-order valence-corrected chi connectivity index (χ2v) is 10.6. The van der Waals surface area contributed by atoms with Crippen LogP contribution in [0.5, 0.6) is 0 Å². The third-order valence-corrected chi connectivity index (χ3v) is 8.58. The van der Waals surface area contributed by atoms with Gasteiger partial charge >= 0.3 is 0 Å². The van der Waals surface area contributed by atoms with Crippen molar-refractivity contribution < 1.29 is 9.59 Å². The highest BCUT2D eigenvalue weighted by Gasteiger charge is 2.53. The first kappa shape index (κ1) is 23.8. The Bertz CT molecular complexity index is 1560. The van der Waals surface area contributed by atoms with Gasteiger partial charge in [-0.2, -0.15) is 0 Å². The molecule has 0 saturated carbocycles. The van der Waals surface area contributed by atoms with Gasteiger partial charge in [-0.15, -0.1) is 0 Å². The quantitative estimate of drug-likeness (QED) is 0.441. The van der Waals surface area contributed by atoms with Gasteiger partial charge in [0.25, 0.3) is 0 Å². The normalized spacial score (nSPS) is 20.1. The number of hydrogen-bond acceptors (Lipinski definition) is 7. The molecule has 3 aliphatic rings. The van der Waals surface area contributed by atoms with Crippen molar-refractivity contribution in [3.05, 3.63) is 78.9 Å². The lowest BCUT2D eigenvalue weighted by Crippen LogP contribution is -2.53. The van der Waals surface area contributed by atoms with Gasteiger partial charge in [0.05, 0.1) is 35.6 Å². The van der Waals surface area contributed by atoms with E-state index in [9.17, 15) is 9.59 Å². The summed E-state index contributed by atoms with van der Waals surface area (Å²) in [4.78, 5) is 48.8. The summed E-state index contributed by atoms with van der Waals surface area (Å²) in [5.74, 6) is 0.219. The minimum absolute atomic E-state index is 0.0572. The summed E-state index contributed by atoms with van der Waals surface area (Å²) in [5.41, 5.74) is 3.73. The Morgan fingerprint density at radius 3 is 2.64 bits per heavy atom. The standard InChI is InChI=1S/C30H29N7O2/c38-28(24-6-3-10-34-24)36-12-8-30(9-13-36)23-7-11-31-17-26(23)37(29(30)39)18-25-27(21-14-32-19-33-15-21)22-5-2-1-4-20(22)16-35-25/h1-2,4-5,7,11,14-17,19,24,34H,3,6,8-10,12-13,18H2/t24-/m1/s1. The van der Waals surface area contributed by atoms with Gasteiger partial charge in [-0.25, -0.2) is 9.97 Å². The van der Waals surface area contributed by atoms with E-state index in [1.807, 2.05) is 40.3 Å². The highest BCUT2D eigenvalue weighted by Crippen LogP contribution is 2.48. The number of anilines is 1. The fraction of sp³-hybridized carbons (Fsp3) is 0.333. The topological polar surface area (TPSA) is 104 Å². The maximum atomic E-state index is 14.3. The molecule has 3 aromatic heterocycles. The molecule has 0 radical (unpaired) electrons. The number of likely N-dealkylation sites (tertiary alicyclic amines) is 1. The van der Waals surface area contributed by atoms with Gasteiger partial charge in [0.15, 0.2) is 0 Å². The lowest BCUT2D eigenvalue weighted by atomic mass is 9.74. The number of amides is 2. The van der Waals surface area contributed by atoms with Gasteiger partial charge in [0, 0.05) is 54.4 Å². The molecule has 1 atom stereocenters. The summed E-state index contributed by atoms with van der Waals surface area (Å²) in [6.45, 7) is 2.34. The number of hydrogen-bond donors (Lipinski definition) is 1. The van der Waals surface area contributed by atoms with Gasteiger partial charge in [-0.3, -0.25) is 19.6 Å². The number of carbonyl (C=O) groups excluding carboxylic acids is 2. The number of fused-ring (bicyclic) bond motifs is 3. The largest absolute Gasteiger partial charge is 0.341 e. The zero-order valence-electron chi connectivity index (χ0n) is 21.6. The smallest absolute Gasteiger partial charge is 0.239 e. The van der Waals surface area contributed by atoms with Crippen molar-refractivity contribution in [3.8, 4) is 11.1 Å². The van der Waals surface area contributed by atoms with Crippen LogP contribution >= 0.6 is 0 Å². The molecule has 39 heavy (non-hydrogen) atoms. The third-order valence-electron chi connectivity index (χ3n) is 8.58. The molecule has 1 spiro atoms. The summed E-state index contributed by atoms with van der Waals surface area (Å²) in [6, 6.07) is 9.98. The van der Waals surface area contributed by atoms with Crippen molar-refractivity contribution in [1.29, 1.82) is 0 Å². The van der Waals surface area contributed by atoms with E-state index in [1.54, 1.807) is 24.8 Å². The van der Waals surface area contributed by atoms with Gasteiger partial charge < -0.3 is 15.1 Å². The Kier molecular flexibility index (Phi) is 5.81. The molecule has 6 heterocycles. The lowest BCUT2D eigenvalue weighted by molar-refractivity contribution is -0.137. The van der Waals surface area contributed by atoms with Crippen LogP contribution < -0.4 is 10.2 Å². The van der Waals surface area contributed by atoms with Gasteiger partial charge in [0.2, 0.25) is 11.8 Å². The SMILES string of the molecule is O=C([C@H]1CCCN1)N1CCC2(CC1)C(=O)N(Cc1ncc3ccccc3c1-c1cncnc1)c1cnccc12. The maximum Gasteiger partial charge on any atom is 0.239 e. The molecule has 2 saturated heterocycles. The number of benzene rings is 1. The number of carbonyl (C=O) groups is 2. The van der Waals surface area contributed by atoms with E-state index in [0.717, 1.165) is 58.2 Å². The number of nitrogens with zero attached hydrogens (tertiary/aromatic N) is 6. The molecule has 0 aliphatic carbocycles. The monoisotopic (exact) mass is 519 g/mol. The second-order valence-electron chi connectivity index (χ2n) is 10.6. The molecule has 0 unspecified atom stereocenters. The summed E-state index contributed by atoms with van der Waals surface area (Å²) in [7, 11) is 0. The van der Waals surface area contributed by atoms with Crippen LogP contribution in [0.1, 0.15) is 36.9 Å². The van der Waals surface area contributed by atoms with Gasteiger partial charge in [-0.1, -0.05) is 24.3 Å². The first-order valence-corrected chi connectivity index (χ1v) is 13.6. The Hall–Kier alpha value is -4.24. The average molecular weight is 520 g/mol. The number of rotatable bonds is 4. The summed E-state index contributed by atoms with van der Waals surface area (Å²) < 4.78 is 0. The first-order chi connectivity index (χ1) is 19.2. The lowest BCUT2D eigenvalue weighted by Gasteiger charge is -2.39. The van der Waals surface area contributed by atoms with Crippen molar-refractivity contribution >= 4 is 28.3 Å². The van der Waals surface area contributed by atoms with Crippen molar-refractivity contribution in [2.24, 2.45) is 0 Å². The van der Waals surface area contributed by atoms with Crippen LogP contribution in [0.25, 0.3) is 21.9 Å². The molecule has 3 aliphatic heterocycles. The van der Waals surface area contributed by atoms with Gasteiger partial charge in [0.1, 0.15) is 6.33 Å². The molecule has 9 heteroatoms. The Balaban J connectivity index is 1.23. The van der Waals surface area contributed by atoms with Crippen LogP contribution in [0.4, 0.5) is 5.69 Å². The van der Waals surface area contributed by atoms with Gasteiger partial charge in [-0.05, 0) is 49.2 Å². The maximum absolute atomic E-state index is 14.3. The van der Waals surface area contributed by atoms with Crippen LogP contribution in [0, 0.1) is 0 Å². The summed E-state index contributed by atoms with van der Waals surface area (Å²) in [6.07, 6.45) is 13.6. The summed E-state index contributed by atoms with van der Waals surface area (Å²) in [5, 5.41) is 5.37. The molecule has 2 fully saturated rings. The predicted molar refractivity (Wildman–Crippen MR) is 147 cm³/mol. The van der Waals surface area contributed by atoms with Crippen molar-refractivity contribution in [2.75, 3.05) is 24.5 Å². The summed E-state index contributed by atoms with van der Waals surface area (Å²) >= 11 is 0. The molecule has 196 valence electrons. The molecular formula is C30H29N7O2. The van der Waals surface area contributed by atoms with E-state index in [4.69, 9.17) is 4.98 Å². The average Bonchev–Trinajstić information content (AvgIpc) is 3.61. The number of pyridine rings is 2. The fourth-order valence-electron chi connectivity index (χ4n) is 6.58. The highest BCUT2D eigenvalue weighted by molar-refractivity contribution is 6.08. The molecule has 0 bridgehead atoms.